The Balaban J connectivity index is 1.85. The quantitative estimate of drug-likeness (QED) is 0.825. The van der Waals surface area contributed by atoms with Gasteiger partial charge in [-0.2, -0.15) is 0 Å². The zero-order valence-corrected chi connectivity index (χ0v) is 13.2. The summed E-state index contributed by atoms with van der Waals surface area (Å²) in [6.45, 7) is 5.47. The number of carbonyl (C=O) groups is 1. The van der Waals surface area contributed by atoms with E-state index < -0.39 is 0 Å². The fourth-order valence-electron chi connectivity index (χ4n) is 1.80. The van der Waals surface area contributed by atoms with E-state index in [4.69, 9.17) is 0 Å². The number of anilines is 1. The van der Waals surface area contributed by atoms with E-state index in [0.29, 0.717) is 12.2 Å². The Labute approximate surface area is 128 Å². The van der Waals surface area contributed by atoms with Crippen LogP contribution in [0.25, 0.3) is 0 Å². The Morgan fingerprint density at radius 2 is 2.14 bits per heavy atom. The van der Waals surface area contributed by atoms with Gasteiger partial charge in [0.1, 0.15) is 11.5 Å². The molecule has 1 amide bonds. The first-order valence-electron chi connectivity index (χ1n) is 7.09. The van der Waals surface area contributed by atoms with Gasteiger partial charge in [0.15, 0.2) is 0 Å². The smallest absolute Gasteiger partial charge is 0.269 e. The summed E-state index contributed by atoms with van der Waals surface area (Å²) < 4.78 is 0. The van der Waals surface area contributed by atoms with Gasteiger partial charge in [-0.1, -0.05) is 13.0 Å². The molecule has 0 radical (unpaired) electrons. The molecular weight excluding hydrogens is 284 g/mol. The second-order valence-electron chi connectivity index (χ2n) is 4.72. The molecule has 2 aromatic heterocycles. The highest BCUT2D eigenvalue weighted by atomic mass is 32.1. The molecule has 0 spiro atoms. The van der Waals surface area contributed by atoms with Gasteiger partial charge >= 0.3 is 0 Å². The monoisotopic (exact) mass is 304 g/mol. The molecule has 5 nitrogen and oxygen atoms in total. The van der Waals surface area contributed by atoms with E-state index in [-0.39, 0.29) is 5.91 Å². The van der Waals surface area contributed by atoms with Crippen LogP contribution < -0.4 is 10.6 Å². The van der Waals surface area contributed by atoms with Crippen molar-refractivity contribution in [1.29, 1.82) is 0 Å². The lowest BCUT2D eigenvalue weighted by Gasteiger charge is -2.07. The number of hydrogen-bond donors (Lipinski definition) is 2. The first kappa shape index (κ1) is 15.4. The summed E-state index contributed by atoms with van der Waals surface area (Å²) in [5.41, 5.74) is 1.46. The van der Waals surface area contributed by atoms with Crippen LogP contribution in [0.2, 0.25) is 0 Å². The summed E-state index contributed by atoms with van der Waals surface area (Å²) in [5, 5.41) is 9.11. The van der Waals surface area contributed by atoms with E-state index in [1.165, 1.54) is 0 Å². The normalized spacial score (nSPS) is 10.4. The molecule has 0 unspecified atom stereocenters. The Morgan fingerprint density at radius 1 is 1.29 bits per heavy atom. The van der Waals surface area contributed by atoms with E-state index in [9.17, 15) is 4.79 Å². The van der Waals surface area contributed by atoms with E-state index in [0.717, 1.165) is 35.9 Å². The highest BCUT2D eigenvalue weighted by Crippen LogP contribution is 2.09. The molecule has 0 saturated heterocycles. The Morgan fingerprint density at radius 3 is 2.86 bits per heavy atom. The SMILES string of the molecule is CCCNc1cccc(C(=O)NCCc2nc(C)cs2)n1. The topological polar surface area (TPSA) is 66.9 Å². The number of nitrogens with zero attached hydrogens (tertiary/aromatic N) is 2. The van der Waals surface area contributed by atoms with Gasteiger partial charge in [-0.25, -0.2) is 9.97 Å². The van der Waals surface area contributed by atoms with Crippen LogP contribution in [0.4, 0.5) is 5.82 Å². The summed E-state index contributed by atoms with van der Waals surface area (Å²) in [6, 6.07) is 5.43. The van der Waals surface area contributed by atoms with E-state index in [1.54, 1.807) is 17.4 Å². The average molecular weight is 304 g/mol. The number of hydrogen-bond acceptors (Lipinski definition) is 5. The molecule has 2 aromatic rings. The average Bonchev–Trinajstić information content (AvgIpc) is 2.91. The van der Waals surface area contributed by atoms with Crippen molar-refractivity contribution in [2.24, 2.45) is 0 Å². The minimum Gasteiger partial charge on any atom is -0.370 e. The lowest BCUT2D eigenvalue weighted by Crippen LogP contribution is -2.26. The van der Waals surface area contributed by atoms with Gasteiger partial charge in [-0.15, -0.1) is 11.3 Å². The molecule has 2 rings (SSSR count). The van der Waals surface area contributed by atoms with Crippen molar-refractivity contribution in [3.63, 3.8) is 0 Å². The van der Waals surface area contributed by atoms with Crippen LogP contribution >= 0.6 is 11.3 Å². The number of thiazole rings is 1. The summed E-state index contributed by atoms with van der Waals surface area (Å²) in [7, 11) is 0. The van der Waals surface area contributed by atoms with Crippen LogP contribution in [0, 0.1) is 6.92 Å². The first-order chi connectivity index (χ1) is 10.2. The number of aromatic nitrogens is 2. The second-order valence-corrected chi connectivity index (χ2v) is 5.67. The number of aryl methyl sites for hydroxylation is 1. The highest BCUT2D eigenvalue weighted by Gasteiger charge is 2.08. The van der Waals surface area contributed by atoms with Crippen LogP contribution in [0.15, 0.2) is 23.6 Å². The highest BCUT2D eigenvalue weighted by molar-refractivity contribution is 7.09. The van der Waals surface area contributed by atoms with Crippen molar-refractivity contribution < 1.29 is 4.79 Å². The number of rotatable bonds is 7. The molecule has 0 aromatic carbocycles. The molecule has 21 heavy (non-hydrogen) atoms. The molecule has 6 heteroatoms. The molecule has 0 atom stereocenters. The van der Waals surface area contributed by atoms with Crippen molar-refractivity contribution >= 4 is 23.1 Å². The lowest BCUT2D eigenvalue weighted by molar-refractivity contribution is 0.0949. The predicted molar refractivity (Wildman–Crippen MR) is 85.9 cm³/mol. The fraction of sp³-hybridized carbons (Fsp3) is 0.400. The maximum atomic E-state index is 12.0. The summed E-state index contributed by atoms with van der Waals surface area (Å²) in [4.78, 5) is 20.7. The third-order valence-electron chi connectivity index (χ3n) is 2.83. The first-order valence-corrected chi connectivity index (χ1v) is 7.97. The number of nitrogens with one attached hydrogen (secondary N) is 2. The third-order valence-corrected chi connectivity index (χ3v) is 3.86. The van der Waals surface area contributed by atoms with Crippen LogP contribution in [-0.2, 0) is 6.42 Å². The molecule has 0 aliphatic heterocycles. The van der Waals surface area contributed by atoms with E-state index in [2.05, 4.69) is 27.5 Å². The van der Waals surface area contributed by atoms with Gasteiger partial charge < -0.3 is 10.6 Å². The van der Waals surface area contributed by atoms with Gasteiger partial charge in [0.25, 0.3) is 5.91 Å². The zero-order chi connectivity index (χ0) is 15.1. The number of carbonyl (C=O) groups excluding carboxylic acids is 1. The van der Waals surface area contributed by atoms with Crippen molar-refractivity contribution in [3.05, 3.63) is 40.0 Å². The number of pyridine rings is 1. The summed E-state index contributed by atoms with van der Waals surface area (Å²) in [5.74, 6) is 0.587. The largest absolute Gasteiger partial charge is 0.370 e. The maximum Gasteiger partial charge on any atom is 0.269 e. The van der Waals surface area contributed by atoms with Gasteiger partial charge in [-0.3, -0.25) is 4.79 Å². The van der Waals surface area contributed by atoms with Crippen LogP contribution in [-0.4, -0.2) is 29.0 Å². The third kappa shape index (κ3) is 4.82. The summed E-state index contributed by atoms with van der Waals surface area (Å²) in [6.07, 6.45) is 1.77. The molecule has 0 aliphatic rings. The molecule has 0 aliphatic carbocycles. The Hall–Kier alpha value is -1.95. The molecular formula is C15H20N4OS. The van der Waals surface area contributed by atoms with Crippen LogP contribution in [0.1, 0.15) is 34.5 Å². The molecule has 0 fully saturated rings. The van der Waals surface area contributed by atoms with Gasteiger partial charge in [0, 0.05) is 30.6 Å². The Kier molecular flexibility index (Phi) is 5.68. The van der Waals surface area contributed by atoms with Crippen molar-refractivity contribution in [2.75, 3.05) is 18.4 Å². The second kappa shape index (κ2) is 7.73. The van der Waals surface area contributed by atoms with E-state index in [1.807, 2.05) is 24.4 Å². The Bertz CT molecular complexity index is 597. The standard InChI is InChI=1S/C15H20N4OS/c1-3-8-16-13-6-4-5-12(19-13)15(20)17-9-7-14-18-11(2)10-21-14/h4-6,10H,3,7-9H2,1-2H3,(H,16,19)(H,17,20). The molecule has 2 N–H and O–H groups in total. The van der Waals surface area contributed by atoms with Crippen molar-refractivity contribution in [3.8, 4) is 0 Å². The predicted octanol–water partition coefficient (Wildman–Crippen LogP) is 2.64. The minimum atomic E-state index is -0.150. The molecule has 0 bridgehead atoms. The molecule has 0 saturated carbocycles. The van der Waals surface area contributed by atoms with Gasteiger partial charge in [0.05, 0.1) is 5.01 Å². The lowest BCUT2D eigenvalue weighted by atomic mass is 10.3. The zero-order valence-electron chi connectivity index (χ0n) is 12.3. The van der Waals surface area contributed by atoms with Crippen LogP contribution in [0.3, 0.4) is 0 Å². The molecule has 2 heterocycles. The molecule has 112 valence electrons. The van der Waals surface area contributed by atoms with Crippen molar-refractivity contribution in [2.45, 2.75) is 26.7 Å². The van der Waals surface area contributed by atoms with Crippen LogP contribution in [0.5, 0.6) is 0 Å². The minimum absolute atomic E-state index is 0.150. The van der Waals surface area contributed by atoms with Gasteiger partial charge in [-0.05, 0) is 25.5 Å². The van der Waals surface area contributed by atoms with Crippen molar-refractivity contribution in [1.82, 2.24) is 15.3 Å². The number of amides is 1. The maximum absolute atomic E-state index is 12.0. The van der Waals surface area contributed by atoms with E-state index >= 15 is 0 Å². The van der Waals surface area contributed by atoms with Gasteiger partial charge in [0.2, 0.25) is 0 Å². The fourth-order valence-corrected chi connectivity index (χ4v) is 2.58. The summed E-state index contributed by atoms with van der Waals surface area (Å²) >= 11 is 1.62.